The van der Waals surface area contributed by atoms with Crippen molar-refractivity contribution in [3.63, 3.8) is 0 Å². The molecule has 0 heterocycles. The monoisotopic (exact) mass is 250 g/mol. The van der Waals surface area contributed by atoms with Crippen molar-refractivity contribution in [2.24, 2.45) is 0 Å². The molecule has 1 heteroatoms. The van der Waals surface area contributed by atoms with Gasteiger partial charge in [-0.05, 0) is 0 Å². The summed E-state index contributed by atoms with van der Waals surface area (Å²) in [6.45, 7) is 0. The Labute approximate surface area is 77.6 Å². The molecular formula is C10H10Sn. The standard InChI is InChI=1S/2C5H5.Sn/c2*1-2-4-5-3-1;/h2*1-3H,4H2;. The molecule has 0 amide bonds. The van der Waals surface area contributed by atoms with E-state index in [1.54, 1.807) is 7.18 Å². The summed E-state index contributed by atoms with van der Waals surface area (Å²) in [5, 5.41) is 0. The van der Waals surface area contributed by atoms with Crippen LogP contribution in [-0.4, -0.2) is 21.1 Å². The Hall–Kier alpha value is -0.241. The Morgan fingerprint density at radius 1 is 0.909 bits per heavy atom. The van der Waals surface area contributed by atoms with Gasteiger partial charge in [-0.25, -0.2) is 0 Å². The van der Waals surface area contributed by atoms with Gasteiger partial charge in [-0.2, -0.15) is 0 Å². The quantitative estimate of drug-likeness (QED) is 0.659. The van der Waals surface area contributed by atoms with Crippen LogP contribution in [-0.2, 0) is 0 Å². The number of allylic oxidation sites excluding steroid dienone is 8. The van der Waals surface area contributed by atoms with Crippen LogP contribution in [0.1, 0.15) is 12.8 Å². The molecule has 2 aliphatic carbocycles. The third kappa shape index (κ3) is 1.86. The summed E-state index contributed by atoms with van der Waals surface area (Å²) in [6, 6.07) is 0. The van der Waals surface area contributed by atoms with Crippen LogP contribution in [0.4, 0.5) is 0 Å². The molecular weight excluding hydrogens is 239 g/mol. The second kappa shape index (κ2) is 3.44. The van der Waals surface area contributed by atoms with Crippen molar-refractivity contribution in [2.75, 3.05) is 0 Å². The van der Waals surface area contributed by atoms with Crippen LogP contribution >= 0.6 is 0 Å². The summed E-state index contributed by atoms with van der Waals surface area (Å²) in [6.07, 6.45) is 16.0. The SMILES string of the molecule is C1=CC[C]([Sn][C]2=CC=CC2)=C1. The van der Waals surface area contributed by atoms with Gasteiger partial charge in [-0.1, -0.05) is 0 Å². The van der Waals surface area contributed by atoms with Crippen LogP contribution in [0.25, 0.3) is 0 Å². The van der Waals surface area contributed by atoms with E-state index in [-0.39, 0.29) is 21.1 Å². The third-order valence-corrected chi connectivity index (χ3v) is 5.81. The molecule has 0 N–H and O–H groups in total. The fourth-order valence-electron chi connectivity index (χ4n) is 1.29. The van der Waals surface area contributed by atoms with Gasteiger partial charge in [-0.3, -0.25) is 0 Å². The molecule has 2 radical (unpaired) electrons. The van der Waals surface area contributed by atoms with Crippen molar-refractivity contribution in [3.05, 3.63) is 43.6 Å². The van der Waals surface area contributed by atoms with E-state index in [0.29, 0.717) is 0 Å². The zero-order valence-corrected chi connectivity index (χ0v) is 9.23. The van der Waals surface area contributed by atoms with Gasteiger partial charge in [0.25, 0.3) is 0 Å². The number of hydrogen-bond donors (Lipinski definition) is 0. The minimum atomic E-state index is -0.312. The molecule has 54 valence electrons. The maximum atomic E-state index is 2.31. The summed E-state index contributed by atoms with van der Waals surface area (Å²) in [5.41, 5.74) is 0. The first-order chi connectivity index (χ1) is 5.45. The Bertz CT molecular complexity index is 239. The van der Waals surface area contributed by atoms with Crippen molar-refractivity contribution >= 4 is 21.1 Å². The molecule has 11 heavy (non-hydrogen) atoms. The summed E-state index contributed by atoms with van der Waals surface area (Å²) < 4.78 is 3.45. The molecule has 0 nitrogen and oxygen atoms in total. The van der Waals surface area contributed by atoms with Crippen LogP contribution in [0.5, 0.6) is 0 Å². The molecule has 2 rings (SSSR count). The molecule has 0 atom stereocenters. The first kappa shape index (κ1) is 7.41. The molecule has 0 fully saturated rings. The molecule has 2 aliphatic rings. The van der Waals surface area contributed by atoms with E-state index in [1.165, 1.54) is 12.8 Å². The Kier molecular flexibility index (Phi) is 2.32. The molecule has 0 saturated heterocycles. The van der Waals surface area contributed by atoms with E-state index in [4.69, 9.17) is 0 Å². The fourth-order valence-corrected chi connectivity index (χ4v) is 4.74. The van der Waals surface area contributed by atoms with Gasteiger partial charge < -0.3 is 0 Å². The molecule has 0 aromatic rings. The Balaban J connectivity index is 1.91. The first-order valence-corrected chi connectivity index (χ1v) is 6.79. The normalized spacial score (nSPS) is 20.7. The Morgan fingerprint density at radius 3 is 1.82 bits per heavy atom. The molecule has 0 aromatic heterocycles. The molecule has 0 bridgehead atoms. The van der Waals surface area contributed by atoms with Gasteiger partial charge in [0.1, 0.15) is 0 Å². The summed E-state index contributed by atoms with van der Waals surface area (Å²) in [7, 11) is 0. The minimum absolute atomic E-state index is 0.312. The molecule has 0 unspecified atom stereocenters. The Morgan fingerprint density at radius 2 is 1.45 bits per heavy atom. The average molecular weight is 249 g/mol. The van der Waals surface area contributed by atoms with Gasteiger partial charge in [0.15, 0.2) is 0 Å². The van der Waals surface area contributed by atoms with Gasteiger partial charge in [0, 0.05) is 0 Å². The van der Waals surface area contributed by atoms with E-state index < -0.39 is 0 Å². The van der Waals surface area contributed by atoms with Crippen molar-refractivity contribution < 1.29 is 0 Å². The van der Waals surface area contributed by atoms with Crippen LogP contribution in [0.15, 0.2) is 43.6 Å². The van der Waals surface area contributed by atoms with Crippen LogP contribution < -0.4 is 0 Å². The van der Waals surface area contributed by atoms with Crippen LogP contribution in [0.3, 0.4) is 0 Å². The number of rotatable bonds is 2. The maximum absolute atomic E-state index is 2.31. The van der Waals surface area contributed by atoms with Gasteiger partial charge in [0.05, 0.1) is 0 Å². The average Bonchev–Trinajstić information content (AvgIpc) is 2.60. The van der Waals surface area contributed by atoms with Crippen LogP contribution in [0, 0.1) is 0 Å². The van der Waals surface area contributed by atoms with Crippen molar-refractivity contribution in [1.82, 2.24) is 0 Å². The van der Waals surface area contributed by atoms with Crippen molar-refractivity contribution in [1.29, 1.82) is 0 Å². The zero-order chi connectivity index (χ0) is 7.52. The van der Waals surface area contributed by atoms with Gasteiger partial charge in [0.2, 0.25) is 0 Å². The van der Waals surface area contributed by atoms with E-state index in [2.05, 4.69) is 36.5 Å². The first-order valence-electron chi connectivity index (χ1n) is 3.93. The number of hydrogen-bond acceptors (Lipinski definition) is 0. The second-order valence-corrected chi connectivity index (χ2v) is 7.15. The summed E-state index contributed by atoms with van der Waals surface area (Å²) >= 11 is -0.312. The molecule has 0 spiro atoms. The summed E-state index contributed by atoms with van der Waals surface area (Å²) in [5.74, 6) is 0. The summed E-state index contributed by atoms with van der Waals surface area (Å²) in [4.78, 5) is 0. The van der Waals surface area contributed by atoms with E-state index >= 15 is 0 Å². The van der Waals surface area contributed by atoms with Gasteiger partial charge >= 0.3 is 77.6 Å². The van der Waals surface area contributed by atoms with Crippen LogP contribution in [0.2, 0.25) is 0 Å². The molecule has 0 aliphatic heterocycles. The van der Waals surface area contributed by atoms with E-state index in [1.807, 2.05) is 0 Å². The second-order valence-electron chi connectivity index (χ2n) is 2.77. The van der Waals surface area contributed by atoms with E-state index in [0.717, 1.165) is 0 Å². The third-order valence-electron chi connectivity index (χ3n) is 1.86. The van der Waals surface area contributed by atoms with Crippen molar-refractivity contribution in [3.8, 4) is 0 Å². The predicted octanol–water partition coefficient (Wildman–Crippen LogP) is 2.38. The van der Waals surface area contributed by atoms with Gasteiger partial charge in [-0.15, -0.1) is 0 Å². The van der Waals surface area contributed by atoms with E-state index in [9.17, 15) is 0 Å². The fraction of sp³-hybridized carbons (Fsp3) is 0.200. The van der Waals surface area contributed by atoms with Crippen molar-refractivity contribution in [2.45, 2.75) is 12.8 Å². The predicted molar refractivity (Wildman–Crippen MR) is 49.4 cm³/mol. The zero-order valence-electron chi connectivity index (χ0n) is 6.38. The topological polar surface area (TPSA) is 0 Å². The molecule has 0 saturated carbocycles. The molecule has 0 aromatic carbocycles.